The third-order valence-corrected chi connectivity index (χ3v) is 13.2. The minimum atomic E-state index is -0.337. The van der Waals surface area contributed by atoms with Gasteiger partial charge in [-0.2, -0.15) is 0 Å². The Bertz CT molecular complexity index is 3280. The molecule has 0 radical (unpaired) electrons. The summed E-state index contributed by atoms with van der Waals surface area (Å²) in [4.78, 5) is 2.44. The summed E-state index contributed by atoms with van der Waals surface area (Å²) in [6.07, 6.45) is 0. The molecular formula is C60H41NO. The van der Waals surface area contributed by atoms with Crippen LogP contribution in [0.15, 0.2) is 231 Å². The quantitative estimate of drug-likeness (QED) is 0.159. The number of hydrogen-bond acceptors (Lipinski definition) is 2. The van der Waals surface area contributed by atoms with Crippen molar-refractivity contribution in [2.24, 2.45) is 0 Å². The summed E-state index contributed by atoms with van der Waals surface area (Å²) in [6.45, 7) is 2.39. The molecule has 0 N–H and O–H groups in total. The predicted octanol–water partition coefficient (Wildman–Crippen LogP) is 16.4. The number of ether oxygens (including phenoxy) is 1. The number of anilines is 3. The minimum absolute atomic E-state index is 0.337. The maximum atomic E-state index is 6.54. The molecule has 0 spiro atoms. The van der Waals surface area contributed by atoms with Gasteiger partial charge in [0.1, 0.15) is 11.5 Å². The van der Waals surface area contributed by atoms with Crippen molar-refractivity contribution >= 4 is 27.8 Å². The van der Waals surface area contributed by atoms with Crippen molar-refractivity contribution in [2.45, 2.75) is 12.3 Å². The molecule has 292 valence electrons. The number of hydrogen-bond donors (Lipinski definition) is 0. The van der Waals surface area contributed by atoms with Gasteiger partial charge in [-0.3, -0.25) is 0 Å². The van der Waals surface area contributed by atoms with Crippen molar-refractivity contribution in [3.05, 3.63) is 247 Å². The molecular weight excluding hydrogens is 751 g/mol. The van der Waals surface area contributed by atoms with Crippen LogP contribution < -0.4 is 9.64 Å². The van der Waals surface area contributed by atoms with Gasteiger partial charge in [-0.05, 0) is 122 Å². The van der Waals surface area contributed by atoms with Crippen LogP contribution in [0, 0.1) is 0 Å². The summed E-state index contributed by atoms with van der Waals surface area (Å²) in [7, 11) is 0. The van der Waals surface area contributed by atoms with Gasteiger partial charge in [0.2, 0.25) is 0 Å². The molecule has 12 rings (SSSR count). The summed E-state index contributed by atoms with van der Waals surface area (Å²) < 4.78 is 6.54. The molecule has 2 nitrogen and oxygen atoms in total. The zero-order valence-corrected chi connectivity index (χ0v) is 34.3. The van der Waals surface area contributed by atoms with Gasteiger partial charge >= 0.3 is 0 Å². The highest BCUT2D eigenvalue weighted by molar-refractivity contribution is 6.11. The van der Waals surface area contributed by atoms with Crippen LogP contribution in [0.25, 0.3) is 66.4 Å². The molecule has 1 heterocycles. The first-order chi connectivity index (χ1) is 30.6. The highest BCUT2D eigenvalue weighted by atomic mass is 16.5. The van der Waals surface area contributed by atoms with Gasteiger partial charge in [-0.1, -0.05) is 182 Å². The SMILES string of the molecule is CC1(c2cccc(N(c3ccc(-c4ccc(-c5ccccc5)cc4)cc3)c3ccccc3-c3ccc4c5c(cccc35)-c3ccccc3O4)c2)c2ccccc2-c2ccccc21. The molecule has 1 aliphatic heterocycles. The van der Waals surface area contributed by atoms with Crippen LogP contribution in [-0.4, -0.2) is 0 Å². The number of para-hydroxylation sites is 2. The third-order valence-electron chi connectivity index (χ3n) is 13.2. The zero-order chi connectivity index (χ0) is 41.2. The van der Waals surface area contributed by atoms with E-state index in [0.717, 1.165) is 56.0 Å². The van der Waals surface area contributed by atoms with E-state index in [1.54, 1.807) is 0 Å². The van der Waals surface area contributed by atoms with Crippen LogP contribution in [0.3, 0.4) is 0 Å². The molecule has 0 fully saturated rings. The standard InChI is InChI=1S/C60H41NO/c1-60(54-25-9-5-19-48(54)49-20-6-10-26-55(49)60)44-17-13-18-46(39-44)61(45-35-33-43(34-36-45)42-31-29-41(30-32-42)40-15-3-2-4-16-40)56-27-11-7-21-50(56)47-37-38-58-59-52(47)23-14-24-53(59)51-22-8-12-28-57(51)62-58/h2-39H,1H3. The van der Waals surface area contributed by atoms with Gasteiger partial charge in [-0.15, -0.1) is 0 Å². The molecule has 0 aromatic heterocycles. The Morgan fingerprint density at radius 2 is 0.903 bits per heavy atom. The molecule has 0 unspecified atom stereocenters. The normalized spacial score (nSPS) is 12.9. The Morgan fingerprint density at radius 1 is 0.355 bits per heavy atom. The van der Waals surface area contributed by atoms with Gasteiger partial charge in [0.25, 0.3) is 0 Å². The average molecular weight is 792 g/mol. The second-order valence-corrected chi connectivity index (χ2v) is 16.5. The van der Waals surface area contributed by atoms with Gasteiger partial charge < -0.3 is 9.64 Å². The third kappa shape index (κ3) is 5.65. The molecule has 0 amide bonds. The molecule has 0 saturated heterocycles. The predicted molar refractivity (Wildman–Crippen MR) is 258 cm³/mol. The lowest BCUT2D eigenvalue weighted by molar-refractivity contribution is 0.487. The Balaban J connectivity index is 1.03. The summed E-state index contributed by atoms with van der Waals surface area (Å²) in [5.41, 5.74) is 18.9. The number of benzene rings is 10. The molecule has 0 bridgehead atoms. The fourth-order valence-corrected chi connectivity index (χ4v) is 10.1. The summed E-state index contributed by atoms with van der Waals surface area (Å²) in [6, 6.07) is 83.8. The lowest BCUT2D eigenvalue weighted by Crippen LogP contribution is -2.23. The smallest absolute Gasteiger partial charge is 0.135 e. The molecule has 0 saturated carbocycles. The Morgan fingerprint density at radius 3 is 1.61 bits per heavy atom. The molecule has 2 heteroatoms. The maximum absolute atomic E-state index is 6.54. The second kappa shape index (κ2) is 14.4. The molecule has 0 atom stereocenters. The van der Waals surface area contributed by atoms with Gasteiger partial charge in [0.05, 0.1) is 5.69 Å². The number of fused-ring (bicyclic) bond motifs is 5. The van der Waals surface area contributed by atoms with Crippen LogP contribution in [0.5, 0.6) is 11.5 Å². The first-order valence-corrected chi connectivity index (χ1v) is 21.4. The Labute approximate surface area is 362 Å². The summed E-state index contributed by atoms with van der Waals surface area (Å²) in [5.74, 6) is 1.78. The zero-order valence-electron chi connectivity index (χ0n) is 34.3. The van der Waals surface area contributed by atoms with E-state index in [-0.39, 0.29) is 5.41 Å². The van der Waals surface area contributed by atoms with Crippen molar-refractivity contribution in [3.63, 3.8) is 0 Å². The van der Waals surface area contributed by atoms with Crippen LogP contribution in [-0.2, 0) is 5.41 Å². The van der Waals surface area contributed by atoms with Crippen molar-refractivity contribution in [1.82, 2.24) is 0 Å². The van der Waals surface area contributed by atoms with E-state index in [9.17, 15) is 0 Å². The topological polar surface area (TPSA) is 12.5 Å². The van der Waals surface area contributed by atoms with E-state index < -0.39 is 0 Å². The van der Waals surface area contributed by atoms with E-state index in [2.05, 4.69) is 236 Å². The minimum Gasteiger partial charge on any atom is -0.456 e. The van der Waals surface area contributed by atoms with Crippen molar-refractivity contribution in [1.29, 1.82) is 0 Å². The van der Waals surface area contributed by atoms with Crippen LogP contribution in [0.4, 0.5) is 17.1 Å². The number of rotatable bonds is 7. The molecule has 10 aromatic carbocycles. The van der Waals surface area contributed by atoms with Gasteiger partial charge in [-0.25, -0.2) is 0 Å². The first-order valence-electron chi connectivity index (χ1n) is 21.4. The first kappa shape index (κ1) is 36.0. The molecule has 10 aromatic rings. The lowest BCUT2D eigenvalue weighted by Gasteiger charge is -2.32. The maximum Gasteiger partial charge on any atom is 0.135 e. The molecule has 62 heavy (non-hydrogen) atoms. The van der Waals surface area contributed by atoms with E-state index >= 15 is 0 Å². The summed E-state index contributed by atoms with van der Waals surface area (Å²) >= 11 is 0. The van der Waals surface area contributed by atoms with Gasteiger partial charge in [0.15, 0.2) is 0 Å². The fourth-order valence-electron chi connectivity index (χ4n) is 10.1. The van der Waals surface area contributed by atoms with E-state index in [0.29, 0.717) is 0 Å². The number of nitrogens with zero attached hydrogens (tertiary/aromatic N) is 1. The molecule has 1 aliphatic carbocycles. The van der Waals surface area contributed by atoms with Crippen molar-refractivity contribution < 1.29 is 4.74 Å². The largest absolute Gasteiger partial charge is 0.456 e. The van der Waals surface area contributed by atoms with Crippen LogP contribution in [0.1, 0.15) is 23.6 Å². The Hall–Kier alpha value is -7.94. The molecule has 2 aliphatic rings. The average Bonchev–Trinajstić information content (AvgIpc) is 3.61. The highest BCUT2D eigenvalue weighted by Crippen LogP contribution is 2.54. The van der Waals surface area contributed by atoms with Gasteiger partial charge in [0, 0.05) is 33.3 Å². The lowest BCUT2D eigenvalue weighted by atomic mass is 9.74. The van der Waals surface area contributed by atoms with E-state index in [1.807, 2.05) is 6.07 Å². The highest BCUT2D eigenvalue weighted by Gasteiger charge is 2.40. The van der Waals surface area contributed by atoms with Crippen molar-refractivity contribution in [3.8, 4) is 67.1 Å². The second-order valence-electron chi connectivity index (χ2n) is 16.5. The summed E-state index contributed by atoms with van der Waals surface area (Å²) in [5, 5.41) is 2.30. The fraction of sp³-hybridized carbons (Fsp3) is 0.0333. The van der Waals surface area contributed by atoms with Crippen LogP contribution in [0.2, 0.25) is 0 Å². The van der Waals surface area contributed by atoms with Crippen molar-refractivity contribution in [2.75, 3.05) is 4.90 Å². The monoisotopic (exact) mass is 791 g/mol. The Kier molecular flexibility index (Phi) is 8.33. The van der Waals surface area contributed by atoms with E-state index in [4.69, 9.17) is 4.74 Å². The van der Waals surface area contributed by atoms with E-state index in [1.165, 1.54) is 55.6 Å². The van der Waals surface area contributed by atoms with Crippen LogP contribution >= 0.6 is 0 Å².